The Hall–Kier alpha value is -4.01. The van der Waals surface area contributed by atoms with Gasteiger partial charge in [-0.25, -0.2) is 9.36 Å². The van der Waals surface area contributed by atoms with Crippen LogP contribution in [-0.4, -0.2) is 39.4 Å². The summed E-state index contributed by atoms with van der Waals surface area (Å²) in [5, 5.41) is 17.1. The van der Waals surface area contributed by atoms with Gasteiger partial charge in [-0.2, -0.15) is 0 Å². The van der Waals surface area contributed by atoms with Crippen LogP contribution in [0.3, 0.4) is 0 Å². The largest absolute Gasteiger partial charge is 0.505 e. The van der Waals surface area contributed by atoms with Crippen molar-refractivity contribution in [2.24, 2.45) is 14.1 Å². The minimum atomic E-state index is -0.462. The minimum absolute atomic E-state index is 0.00664. The molecule has 1 amide bonds. The summed E-state index contributed by atoms with van der Waals surface area (Å²) in [5.41, 5.74) is 1.07. The van der Waals surface area contributed by atoms with Crippen LogP contribution in [-0.2, 0) is 14.1 Å². The molecule has 0 saturated carbocycles. The van der Waals surface area contributed by atoms with Crippen LogP contribution < -0.4 is 21.8 Å². The van der Waals surface area contributed by atoms with E-state index >= 15 is 0 Å². The Morgan fingerprint density at radius 2 is 1.56 bits per heavy atom. The van der Waals surface area contributed by atoms with Gasteiger partial charge in [0.15, 0.2) is 5.75 Å². The lowest BCUT2D eigenvalue weighted by Crippen LogP contribution is -2.38. The van der Waals surface area contributed by atoms with Gasteiger partial charge in [-0.05, 0) is 30.5 Å². The summed E-state index contributed by atoms with van der Waals surface area (Å²) in [6.45, 7) is 3.72. The number of nitrogens with zero attached hydrogens (tertiary/aromatic N) is 3. The lowest BCUT2D eigenvalue weighted by Gasteiger charge is -2.23. The standard InChI is InChI=1S/C25H31N5O4/c1-7-18(16-11-9-8-10-12-16)26-20-21(25(34)30(6)29(5)24(20)33)27-19-15(2)13-14-17(22(19)31)23(32)28(3)4/h8-14,18,26-27,31H,7H2,1-6H3/t18-/m1/s1. The molecule has 9 nitrogen and oxygen atoms in total. The van der Waals surface area contributed by atoms with Crippen LogP contribution in [0.15, 0.2) is 52.1 Å². The van der Waals surface area contributed by atoms with E-state index in [2.05, 4.69) is 10.6 Å². The number of rotatable bonds is 7. The first-order chi connectivity index (χ1) is 16.1. The molecule has 0 spiro atoms. The van der Waals surface area contributed by atoms with E-state index in [9.17, 15) is 19.5 Å². The summed E-state index contributed by atoms with van der Waals surface area (Å²) >= 11 is 0. The molecule has 180 valence electrons. The van der Waals surface area contributed by atoms with E-state index < -0.39 is 11.1 Å². The van der Waals surface area contributed by atoms with Crippen molar-refractivity contribution in [3.05, 3.63) is 79.9 Å². The molecule has 0 saturated heterocycles. The fourth-order valence-corrected chi connectivity index (χ4v) is 3.73. The Labute approximate surface area is 198 Å². The SMILES string of the molecule is CC[C@@H](Nc1c(Nc2c(C)ccc(C(=O)N(C)C)c2O)c(=O)n(C)n(C)c1=O)c1ccccc1. The second-order valence-corrected chi connectivity index (χ2v) is 8.40. The maximum atomic E-state index is 13.3. The zero-order valence-electron chi connectivity index (χ0n) is 20.3. The number of nitrogens with one attached hydrogen (secondary N) is 2. The van der Waals surface area contributed by atoms with Gasteiger partial charge in [0.2, 0.25) is 0 Å². The molecule has 9 heteroatoms. The highest BCUT2D eigenvalue weighted by Crippen LogP contribution is 2.35. The van der Waals surface area contributed by atoms with Crippen LogP contribution in [0.5, 0.6) is 5.75 Å². The zero-order chi connectivity index (χ0) is 25.2. The van der Waals surface area contributed by atoms with Gasteiger partial charge in [0.1, 0.15) is 11.4 Å². The second kappa shape index (κ2) is 9.86. The number of amides is 1. The van der Waals surface area contributed by atoms with Crippen LogP contribution in [0.4, 0.5) is 17.1 Å². The fourth-order valence-electron chi connectivity index (χ4n) is 3.73. The molecule has 3 aromatic rings. The van der Waals surface area contributed by atoms with Crippen molar-refractivity contribution < 1.29 is 9.90 Å². The fraction of sp³-hybridized carbons (Fsp3) is 0.320. The number of carbonyl (C=O) groups is 1. The number of hydrogen-bond acceptors (Lipinski definition) is 6. The third-order valence-corrected chi connectivity index (χ3v) is 5.92. The summed E-state index contributed by atoms with van der Waals surface area (Å²) in [6.07, 6.45) is 0.666. The van der Waals surface area contributed by atoms with Gasteiger partial charge in [-0.15, -0.1) is 0 Å². The predicted molar refractivity (Wildman–Crippen MR) is 134 cm³/mol. The van der Waals surface area contributed by atoms with E-state index in [0.29, 0.717) is 12.0 Å². The molecule has 1 heterocycles. The molecule has 1 atom stereocenters. The van der Waals surface area contributed by atoms with E-state index in [4.69, 9.17) is 0 Å². The smallest absolute Gasteiger partial charge is 0.290 e. The summed E-state index contributed by atoms with van der Waals surface area (Å²) in [6, 6.07) is 12.6. The van der Waals surface area contributed by atoms with Crippen molar-refractivity contribution in [3.63, 3.8) is 0 Å². The Morgan fingerprint density at radius 3 is 2.12 bits per heavy atom. The number of phenols is 1. The lowest BCUT2D eigenvalue weighted by atomic mass is 10.0. The van der Waals surface area contributed by atoms with Gasteiger partial charge < -0.3 is 20.6 Å². The van der Waals surface area contributed by atoms with Gasteiger partial charge >= 0.3 is 0 Å². The average molecular weight is 466 g/mol. The van der Waals surface area contributed by atoms with Crippen molar-refractivity contribution in [3.8, 4) is 5.75 Å². The Morgan fingerprint density at radius 1 is 0.971 bits per heavy atom. The van der Waals surface area contributed by atoms with E-state index in [-0.39, 0.29) is 40.3 Å². The summed E-state index contributed by atoms with van der Waals surface area (Å²) in [7, 11) is 6.18. The van der Waals surface area contributed by atoms with Crippen molar-refractivity contribution in [1.29, 1.82) is 0 Å². The van der Waals surface area contributed by atoms with Crippen molar-refractivity contribution in [2.45, 2.75) is 26.3 Å². The minimum Gasteiger partial charge on any atom is -0.505 e. The number of carbonyl (C=O) groups excluding carboxylic acids is 1. The van der Waals surface area contributed by atoms with Gasteiger partial charge in [0.05, 0.1) is 17.3 Å². The van der Waals surface area contributed by atoms with Crippen LogP contribution in [0.1, 0.15) is 40.9 Å². The number of aromatic hydroxyl groups is 1. The molecule has 1 aromatic heterocycles. The van der Waals surface area contributed by atoms with Crippen LogP contribution in [0.25, 0.3) is 0 Å². The lowest BCUT2D eigenvalue weighted by molar-refractivity contribution is 0.0824. The van der Waals surface area contributed by atoms with Crippen molar-refractivity contribution >= 4 is 23.0 Å². The summed E-state index contributed by atoms with van der Waals surface area (Å²) in [5.74, 6) is -0.673. The number of benzene rings is 2. The number of hydrogen-bond donors (Lipinski definition) is 3. The van der Waals surface area contributed by atoms with Crippen molar-refractivity contribution in [1.82, 2.24) is 14.3 Å². The number of phenolic OH excluding ortho intramolecular Hbond substituents is 1. The molecule has 34 heavy (non-hydrogen) atoms. The Bertz CT molecular complexity index is 1330. The van der Waals surface area contributed by atoms with Crippen LogP contribution in [0, 0.1) is 6.92 Å². The Balaban J connectivity index is 2.18. The van der Waals surface area contributed by atoms with E-state index in [1.165, 1.54) is 34.4 Å². The number of aromatic nitrogens is 2. The Kier molecular flexibility index (Phi) is 7.14. The highest BCUT2D eigenvalue weighted by Gasteiger charge is 2.23. The highest BCUT2D eigenvalue weighted by molar-refractivity contribution is 5.99. The van der Waals surface area contributed by atoms with E-state index in [1.54, 1.807) is 27.1 Å². The maximum Gasteiger partial charge on any atom is 0.290 e. The second-order valence-electron chi connectivity index (χ2n) is 8.40. The van der Waals surface area contributed by atoms with Gasteiger partial charge in [0.25, 0.3) is 17.0 Å². The summed E-state index contributed by atoms with van der Waals surface area (Å²) < 4.78 is 2.42. The maximum absolute atomic E-state index is 13.3. The van der Waals surface area contributed by atoms with Crippen LogP contribution >= 0.6 is 0 Å². The van der Waals surface area contributed by atoms with Crippen molar-refractivity contribution in [2.75, 3.05) is 24.7 Å². The molecular weight excluding hydrogens is 434 g/mol. The van der Waals surface area contributed by atoms with Gasteiger partial charge in [-0.1, -0.05) is 43.3 Å². The first-order valence-corrected chi connectivity index (χ1v) is 11.0. The van der Waals surface area contributed by atoms with Gasteiger partial charge in [0, 0.05) is 28.2 Å². The molecule has 2 aromatic carbocycles. The predicted octanol–water partition coefficient (Wildman–Crippen LogP) is 3.11. The third kappa shape index (κ3) is 4.54. The molecule has 0 bridgehead atoms. The molecular formula is C25H31N5O4. The topological polar surface area (TPSA) is 109 Å². The average Bonchev–Trinajstić information content (AvgIpc) is 2.83. The quantitative estimate of drug-likeness (QED) is 0.463. The first kappa shape index (κ1) is 24.6. The van der Waals surface area contributed by atoms with Gasteiger partial charge in [-0.3, -0.25) is 14.4 Å². The van der Waals surface area contributed by atoms with E-state index in [0.717, 1.165) is 5.56 Å². The molecule has 0 aliphatic carbocycles. The molecule has 0 fully saturated rings. The molecule has 0 aliphatic heterocycles. The monoisotopic (exact) mass is 465 g/mol. The molecule has 3 rings (SSSR count). The third-order valence-electron chi connectivity index (χ3n) is 5.92. The summed E-state index contributed by atoms with van der Waals surface area (Å²) in [4.78, 5) is 40.4. The first-order valence-electron chi connectivity index (χ1n) is 11.0. The highest BCUT2D eigenvalue weighted by atomic mass is 16.3. The molecule has 0 unspecified atom stereocenters. The number of anilines is 3. The zero-order valence-corrected chi connectivity index (χ0v) is 20.3. The normalized spacial score (nSPS) is 11.7. The van der Waals surface area contributed by atoms with E-state index in [1.807, 2.05) is 37.3 Å². The van der Waals surface area contributed by atoms with Crippen LogP contribution in [0.2, 0.25) is 0 Å². The molecule has 0 radical (unpaired) electrons. The number of aryl methyl sites for hydroxylation is 1. The molecule has 3 N–H and O–H groups in total. The molecule has 0 aliphatic rings.